The lowest BCUT2D eigenvalue weighted by Crippen LogP contribution is -2.04. The van der Waals surface area contributed by atoms with Gasteiger partial charge in [-0.1, -0.05) is 11.6 Å². The number of rotatable bonds is 0. The standard InChI is InChI=1S/C8H3ClF3N/c9-7-3-6(8(10,11)12)2-1-5(7)4-13/h1-3H. The Labute approximate surface area is 77.4 Å². The summed E-state index contributed by atoms with van der Waals surface area (Å²) in [6.45, 7) is 0. The van der Waals surface area contributed by atoms with E-state index in [9.17, 15) is 13.2 Å². The zero-order valence-corrected chi connectivity index (χ0v) is 6.95. The Morgan fingerprint density at radius 2 is 1.92 bits per heavy atom. The second kappa shape index (κ2) is 3.27. The van der Waals surface area contributed by atoms with Gasteiger partial charge in [-0.15, -0.1) is 0 Å². The predicted octanol–water partition coefficient (Wildman–Crippen LogP) is 3.23. The molecule has 0 amide bonds. The van der Waals surface area contributed by atoms with Crippen LogP contribution in [-0.4, -0.2) is 0 Å². The zero-order chi connectivity index (χ0) is 10.1. The first-order chi connectivity index (χ1) is 5.95. The van der Waals surface area contributed by atoms with Crippen LogP contribution in [0.1, 0.15) is 11.1 Å². The predicted molar refractivity (Wildman–Crippen MR) is 41.2 cm³/mol. The van der Waals surface area contributed by atoms with Crippen LogP contribution in [0.3, 0.4) is 0 Å². The average molecular weight is 206 g/mol. The van der Waals surface area contributed by atoms with Crippen molar-refractivity contribution in [2.24, 2.45) is 0 Å². The van der Waals surface area contributed by atoms with Crippen LogP contribution in [0.4, 0.5) is 13.2 Å². The first-order valence-corrected chi connectivity index (χ1v) is 3.60. The van der Waals surface area contributed by atoms with E-state index in [0.29, 0.717) is 0 Å². The Morgan fingerprint density at radius 3 is 2.31 bits per heavy atom. The Kier molecular flexibility index (Phi) is 2.48. The lowest BCUT2D eigenvalue weighted by Gasteiger charge is -2.06. The summed E-state index contributed by atoms with van der Waals surface area (Å²) < 4.78 is 36.2. The molecule has 0 atom stereocenters. The molecule has 68 valence electrons. The Morgan fingerprint density at radius 1 is 1.31 bits per heavy atom. The van der Waals surface area contributed by atoms with Crippen molar-refractivity contribution in [2.75, 3.05) is 0 Å². The second-order valence-corrected chi connectivity index (χ2v) is 2.71. The van der Waals surface area contributed by atoms with Gasteiger partial charge in [0.25, 0.3) is 0 Å². The summed E-state index contributed by atoms with van der Waals surface area (Å²) in [6, 6.07) is 4.28. The number of hydrogen-bond donors (Lipinski definition) is 0. The van der Waals surface area contributed by atoms with Crippen molar-refractivity contribution in [2.45, 2.75) is 6.18 Å². The fourth-order valence-electron chi connectivity index (χ4n) is 0.782. The number of hydrogen-bond acceptors (Lipinski definition) is 1. The Hall–Kier alpha value is -1.21. The maximum Gasteiger partial charge on any atom is 0.416 e. The molecule has 0 N–H and O–H groups in total. The van der Waals surface area contributed by atoms with Gasteiger partial charge in [0.1, 0.15) is 6.07 Å². The molecule has 0 heterocycles. The van der Waals surface area contributed by atoms with Crippen LogP contribution in [0.25, 0.3) is 0 Å². The molecule has 0 aliphatic carbocycles. The molecular formula is C8H3ClF3N. The minimum Gasteiger partial charge on any atom is -0.192 e. The van der Waals surface area contributed by atoms with Crippen LogP contribution in [-0.2, 0) is 6.18 Å². The van der Waals surface area contributed by atoms with E-state index in [2.05, 4.69) is 0 Å². The van der Waals surface area contributed by atoms with Crippen molar-refractivity contribution in [3.8, 4) is 6.07 Å². The van der Waals surface area contributed by atoms with Gasteiger partial charge in [-0.05, 0) is 18.2 Å². The van der Waals surface area contributed by atoms with Crippen molar-refractivity contribution in [3.63, 3.8) is 0 Å². The zero-order valence-electron chi connectivity index (χ0n) is 6.19. The summed E-state index contributed by atoms with van der Waals surface area (Å²) in [5, 5.41) is 8.21. The molecule has 0 aromatic heterocycles. The van der Waals surface area contributed by atoms with Gasteiger partial charge in [0.15, 0.2) is 0 Å². The second-order valence-electron chi connectivity index (χ2n) is 2.30. The van der Waals surface area contributed by atoms with Crippen molar-refractivity contribution < 1.29 is 13.2 Å². The maximum atomic E-state index is 12.1. The monoisotopic (exact) mass is 205 g/mol. The fourth-order valence-corrected chi connectivity index (χ4v) is 1.00. The van der Waals surface area contributed by atoms with Crippen molar-refractivity contribution in [1.82, 2.24) is 0 Å². The summed E-state index contributed by atoms with van der Waals surface area (Å²) in [7, 11) is 0. The van der Waals surface area contributed by atoms with E-state index < -0.39 is 11.7 Å². The van der Waals surface area contributed by atoms with E-state index in [0.717, 1.165) is 18.2 Å². The largest absolute Gasteiger partial charge is 0.416 e. The summed E-state index contributed by atoms with van der Waals surface area (Å²) in [5.41, 5.74) is -0.814. The topological polar surface area (TPSA) is 23.8 Å². The summed E-state index contributed by atoms with van der Waals surface area (Å²) in [6.07, 6.45) is -4.42. The summed E-state index contributed by atoms with van der Waals surface area (Å²) >= 11 is 5.41. The third kappa shape index (κ3) is 2.13. The number of benzene rings is 1. The van der Waals surface area contributed by atoms with Gasteiger partial charge < -0.3 is 0 Å². The van der Waals surface area contributed by atoms with Gasteiger partial charge in [-0.3, -0.25) is 0 Å². The fraction of sp³-hybridized carbons (Fsp3) is 0.125. The van der Waals surface area contributed by atoms with E-state index in [-0.39, 0.29) is 10.6 Å². The molecule has 0 saturated heterocycles. The van der Waals surface area contributed by atoms with E-state index in [4.69, 9.17) is 16.9 Å². The Balaban J connectivity index is 3.20. The Bertz CT molecular complexity index is 365. The molecule has 1 aromatic rings. The normalized spacial score (nSPS) is 11.0. The van der Waals surface area contributed by atoms with Gasteiger partial charge in [-0.25, -0.2) is 0 Å². The van der Waals surface area contributed by atoms with Gasteiger partial charge in [0.05, 0.1) is 16.1 Å². The van der Waals surface area contributed by atoms with Crippen LogP contribution in [0.15, 0.2) is 18.2 Å². The highest BCUT2D eigenvalue weighted by atomic mass is 35.5. The smallest absolute Gasteiger partial charge is 0.192 e. The number of halogens is 4. The third-order valence-electron chi connectivity index (χ3n) is 1.42. The number of nitriles is 1. The molecule has 0 radical (unpaired) electrons. The van der Waals surface area contributed by atoms with Gasteiger partial charge in [-0.2, -0.15) is 18.4 Å². The summed E-state index contributed by atoms with van der Waals surface area (Å²) in [4.78, 5) is 0. The van der Waals surface area contributed by atoms with Crippen LogP contribution >= 0.6 is 11.6 Å². The molecule has 1 nitrogen and oxygen atoms in total. The van der Waals surface area contributed by atoms with Crippen LogP contribution in [0.5, 0.6) is 0 Å². The molecule has 0 aliphatic rings. The summed E-state index contributed by atoms with van der Waals surface area (Å²) in [5.74, 6) is 0. The van der Waals surface area contributed by atoms with E-state index >= 15 is 0 Å². The molecule has 0 unspecified atom stereocenters. The van der Waals surface area contributed by atoms with Crippen LogP contribution < -0.4 is 0 Å². The maximum absolute atomic E-state index is 12.1. The van der Waals surface area contributed by atoms with Gasteiger partial charge in [0, 0.05) is 0 Å². The first-order valence-electron chi connectivity index (χ1n) is 3.22. The molecule has 1 aromatic carbocycles. The minimum atomic E-state index is -4.42. The molecule has 1 rings (SSSR count). The lowest BCUT2D eigenvalue weighted by molar-refractivity contribution is -0.137. The number of alkyl halides is 3. The molecular weight excluding hydrogens is 203 g/mol. The highest BCUT2D eigenvalue weighted by molar-refractivity contribution is 6.31. The molecule has 0 fully saturated rings. The molecule has 0 aliphatic heterocycles. The van der Waals surface area contributed by atoms with Crippen molar-refractivity contribution in [3.05, 3.63) is 34.3 Å². The van der Waals surface area contributed by atoms with Crippen LogP contribution in [0.2, 0.25) is 5.02 Å². The lowest BCUT2D eigenvalue weighted by atomic mass is 10.1. The van der Waals surface area contributed by atoms with Crippen molar-refractivity contribution >= 4 is 11.6 Å². The highest BCUT2D eigenvalue weighted by Crippen LogP contribution is 2.31. The van der Waals surface area contributed by atoms with E-state index in [1.165, 1.54) is 0 Å². The number of nitrogens with zero attached hydrogens (tertiary/aromatic N) is 1. The van der Waals surface area contributed by atoms with Gasteiger partial charge >= 0.3 is 6.18 Å². The first kappa shape index (κ1) is 9.87. The molecule has 5 heteroatoms. The van der Waals surface area contributed by atoms with Gasteiger partial charge in [0.2, 0.25) is 0 Å². The van der Waals surface area contributed by atoms with E-state index in [1.54, 1.807) is 6.07 Å². The quantitative estimate of drug-likeness (QED) is 0.638. The molecule has 13 heavy (non-hydrogen) atoms. The molecule has 0 bridgehead atoms. The average Bonchev–Trinajstić information content (AvgIpc) is 2.02. The highest BCUT2D eigenvalue weighted by Gasteiger charge is 2.30. The minimum absolute atomic E-state index is 0.0367. The SMILES string of the molecule is N#Cc1ccc(C(F)(F)F)cc1Cl. The van der Waals surface area contributed by atoms with Crippen molar-refractivity contribution in [1.29, 1.82) is 5.26 Å². The molecule has 0 saturated carbocycles. The van der Waals surface area contributed by atoms with Crippen LogP contribution in [0, 0.1) is 11.3 Å². The third-order valence-corrected chi connectivity index (χ3v) is 1.73. The van der Waals surface area contributed by atoms with E-state index in [1.807, 2.05) is 0 Å². The molecule has 0 spiro atoms.